The number of amides is 1. The molecule has 1 aliphatic heterocycles. The molecule has 0 saturated heterocycles. The van der Waals surface area contributed by atoms with E-state index in [2.05, 4.69) is 34.4 Å². The van der Waals surface area contributed by atoms with E-state index in [9.17, 15) is 9.18 Å². The van der Waals surface area contributed by atoms with Crippen molar-refractivity contribution in [1.82, 2.24) is 9.78 Å². The number of halogens is 1. The summed E-state index contributed by atoms with van der Waals surface area (Å²) in [7, 11) is 0. The molecule has 3 aromatic rings. The molecule has 6 heteroatoms. The normalized spacial score (nSPS) is 12.9. The highest BCUT2D eigenvalue weighted by Gasteiger charge is 2.19. The Kier molecular flexibility index (Phi) is 5.09. The second-order valence-electron chi connectivity index (χ2n) is 7.44. The number of nitrogens with one attached hydrogen (secondary N) is 1. The predicted octanol–water partition coefficient (Wildman–Crippen LogP) is 4.19. The maximum absolute atomic E-state index is 13.2. The van der Waals surface area contributed by atoms with Crippen LogP contribution in [0, 0.1) is 19.7 Å². The van der Waals surface area contributed by atoms with Crippen molar-refractivity contribution in [3.8, 4) is 5.69 Å². The third-order valence-electron chi connectivity index (χ3n) is 5.59. The second kappa shape index (κ2) is 7.70. The molecule has 1 aromatic heterocycles. The molecule has 0 radical (unpaired) electrons. The monoisotopic (exact) mass is 392 g/mol. The van der Waals surface area contributed by atoms with Crippen molar-refractivity contribution in [2.45, 2.75) is 33.6 Å². The first-order valence-corrected chi connectivity index (χ1v) is 9.95. The zero-order chi connectivity index (χ0) is 20.5. The molecule has 2 aromatic carbocycles. The lowest BCUT2D eigenvalue weighted by Gasteiger charge is -2.17. The van der Waals surface area contributed by atoms with Gasteiger partial charge in [0.2, 0.25) is 5.91 Å². The number of aryl methyl sites for hydroxylation is 1. The molecular weight excluding hydrogens is 367 g/mol. The first-order chi connectivity index (χ1) is 14.0. The fourth-order valence-corrected chi connectivity index (χ4v) is 3.98. The lowest BCUT2D eigenvalue weighted by Crippen LogP contribution is -2.19. The number of hydrogen-bond donors (Lipinski definition) is 1. The molecule has 2 heterocycles. The van der Waals surface area contributed by atoms with Crippen LogP contribution in [0.2, 0.25) is 0 Å². The van der Waals surface area contributed by atoms with Crippen LogP contribution in [0.25, 0.3) is 5.69 Å². The number of carbonyl (C=O) groups excluding carboxylic acids is 1. The van der Waals surface area contributed by atoms with Crippen LogP contribution < -0.4 is 10.2 Å². The highest BCUT2D eigenvalue weighted by Crippen LogP contribution is 2.30. The summed E-state index contributed by atoms with van der Waals surface area (Å²) in [5, 5.41) is 7.57. The number of rotatable bonds is 5. The summed E-state index contributed by atoms with van der Waals surface area (Å²) in [6, 6.07) is 12.3. The number of likely N-dealkylation sites (N-methyl/N-ethyl adjacent to an activating group) is 1. The van der Waals surface area contributed by atoms with E-state index in [1.807, 2.05) is 19.9 Å². The maximum atomic E-state index is 13.2. The summed E-state index contributed by atoms with van der Waals surface area (Å²) in [6.45, 7) is 7.96. The van der Waals surface area contributed by atoms with Crippen molar-refractivity contribution < 1.29 is 9.18 Å². The van der Waals surface area contributed by atoms with Crippen molar-refractivity contribution in [2.75, 3.05) is 23.3 Å². The van der Waals surface area contributed by atoms with Crippen LogP contribution in [0.4, 0.5) is 15.8 Å². The van der Waals surface area contributed by atoms with E-state index in [0.717, 1.165) is 47.8 Å². The topological polar surface area (TPSA) is 50.2 Å². The first kappa shape index (κ1) is 19.2. The van der Waals surface area contributed by atoms with Crippen LogP contribution >= 0.6 is 0 Å². The Morgan fingerprint density at radius 3 is 2.66 bits per heavy atom. The zero-order valence-corrected chi connectivity index (χ0v) is 17.0. The van der Waals surface area contributed by atoms with Crippen LogP contribution in [0.1, 0.15) is 29.4 Å². The molecule has 0 bridgehead atoms. The second-order valence-corrected chi connectivity index (χ2v) is 7.44. The number of benzene rings is 2. The van der Waals surface area contributed by atoms with E-state index in [0.29, 0.717) is 0 Å². The fourth-order valence-electron chi connectivity index (χ4n) is 3.98. The fraction of sp³-hybridized carbons (Fsp3) is 0.304. The number of carbonyl (C=O) groups is 1. The van der Waals surface area contributed by atoms with Crippen molar-refractivity contribution in [3.05, 3.63) is 70.8 Å². The molecule has 0 atom stereocenters. The lowest BCUT2D eigenvalue weighted by atomic mass is 10.1. The average Bonchev–Trinajstić information content (AvgIpc) is 3.24. The van der Waals surface area contributed by atoms with Gasteiger partial charge >= 0.3 is 0 Å². The third-order valence-corrected chi connectivity index (χ3v) is 5.59. The number of aromatic nitrogens is 2. The molecule has 0 spiro atoms. The minimum Gasteiger partial charge on any atom is -0.371 e. The first-order valence-electron chi connectivity index (χ1n) is 9.95. The third kappa shape index (κ3) is 3.75. The summed E-state index contributed by atoms with van der Waals surface area (Å²) in [4.78, 5) is 15.0. The van der Waals surface area contributed by atoms with Gasteiger partial charge in [-0.3, -0.25) is 4.79 Å². The molecule has 150 valence electrons. The van der Waals surface area contributed by atoms with Crippen molar-refractivity contribution in [2.24, 2.45) is 0 Å². The predicted molar refractivity (Wildman–Crippen MR) is 113 cm³/mol. The van der Waals surface area contributed by atoms with Crippen LogP contribution in [0.15, 0.2) is 42.5 Å². The van der Waals surface area contributed by atoms with Gasteiger partial charge in [-0.25, -0.2) is 9.07 Å². The van der Waals surface area contributed by atoms with E-state index in [1.165, 1.54) is 23.4 Å². The average molecular weight is 392 g/mol. The zero-order valence-electron chi connectivity index (χ0n) is 17.0. The molecule has 0 unspecified atom stereocenters. The van der Waals surface area contributed by atoms with Gasteiger partial charge in [0.1, 0.15) is 5.82 Å². The highest BCUT2D eigenvalue weighted by molar-refractivity contribution is 5.93. The summed E-state index contributed by atoms with van der Waals surface area (Å²) < 4.78 is 15.0. The lowest BCUT2D eigenvalue weighted by molar-refractivity contribution is -0.115. The molecule has 0 saturated carbocycles. The highest BCUT2D eigenvalue weighted by atomic mass is 19.1. The van der Waals surface area contributed by atoms with Crippen LogP contribution in [0.3, 0.4) is 0 Å². The minimum atomic E-state index is -0.286. The Morgan fingerprint density at radius 2 is 1.93 bits per heavy atom. The quantitative estimate of drug-likeness (QED) is 0.708. The largest absolute Gasteiger partial charge is 0.371 e. The summed E-state index contributed by atoms with van der Waals surface area (Å²) >= 11 is 0. The summed E-state index contributed by atoms with van der Waals surface area (Å²) in [5.74, 6) is -0.360. The van der Waals surface area contributed by atoms with E-state index in [4.69, 9.17) is 0 Å². The standard InChI is InChI=1S/C23H25FN4O/c1-4-27-12-11-17-5-8-19(13-22(17)27)25-23(29)14-21-15(2)26-28(16(21)3)20-9-6-18(24)7-10-20/h5-10,13H,4,11-12,14H2,1-3H3,(H,25,29). The van der Waals surface area contributed by atoms with Crippen molar-refractivity contribution in [3.63, 3.8) is 0 Å². The molecule has 4 rings (SSSR count). The number of nitrogens with zero attached hydrogens (tertiary/aromatic N) is 3. The van der Waals surface area contributed by atoms with Crippen LogP contribution in [0.5, 0.6) is 0 Å². The van der Waals surface area contributed by atoms with Gasteiger partial charge in [0.25, 0.3) is 0 Å². The van der Waals surface area contributed by atoms with Gasteiger partial charge in [0.15, 0.2) is 0 Å². The van der Waals surface area contributed by atoms with Gasteiger partial charge in [0.05, 0.1) is 17.8 Å². The van der Waals surface area contributed by atoms with Crippen LogP contribution in [-0.4, -0.2) is 28.8 Å². The maximum Gasteiger partial charge on any atom is 0.228 e. The van der Waals surface area contributed by atoms with E-state index in [1.54, 1.807) is 16.8 Å². The Labute approximate surface area is 170 Å². The molecule has 0 aliphatic carbocycles. The molecular formula is C23H25FN4O. The van der Waals surface area contributed by atoms with Crippen molar-refractivity contribution >= 4 is 17.3 Å². The van der Waals surface area contributed by atoms with Gasteiger partial charge in [-0.15, -0.1) is 0 Å². The van der Waals surface area contributed by atoms with Gasteiger partial charge in [0, 0.05) is 35.7 Å². The Balaban J connectivity index is 1.51. The van der Waals surface area contributed by atoms with E-state index in [-0.39, 0.29) is 18.1 Å². The molecule has 29 heavy (non-hydrogen) atoms. The van der Waals surface area contributed by atoms with Crippen LogP contribution in [-0.2, 0) is 17.6 Å². The molecule has 5 nitrogen and oxygen atoms in total. The van der Waals surface area contributed by atoms with Gasteiger partial charge in [-0.2, -0.15) is 5.10 Å². The number of fused-ring (bicyclic) bond motifs is 1. The Morgan fingerprint density at radius 1 is 1.17 bits per heavy atom. The van der Waals surface area contributed by atoms with Crippen molar-refractivity contribution in [1.29, 1.82) is 0 Å². The van der Waals surface area contributed by atoms with Gasteiger partial charge in [-0.1, -0.05) is 6.07 Å². The molecule has 1 aliphatic rings. The SMILES string of the molecule is CCN1CCc2ccc(NC(=O)Cc3c(C)nn(-c4ccc(F)cc4)c3C)cc21. The van der Waals surface area contributed by atoms with Gasteiger partial charge in [-0.05, 0) is 69.2 Å². The molecule has 1 N–H and O–H groups in total. The summed E-state index contributed by atoms with van der Waals surface area (Å²) in [5.41, 5.74) is 6.71. The summed E-state index contributed by atoms with van der Waals surface area (Å²) in [6.07, 6.45) is 1.30. The molecule has 1 amide bonds. The minimum absolute atomic E-state index is 0.0733. The van der Waals surface area contributed by atoms with Gasteiger partial charge < -0.3 is 10.2 Å². The Bertz CT molecular complexity index is 1060. The Hall–Kier alpha value is -3.15. The number of hydrogen-bond acceptors (Lipinski definition) is 3. The number of anilines is 2. The molecule has 0 fully saturated rings. The van der Waals surface area contributed by atoms with E-state index < -0.39 is 0 Å². The van der Waals surface area contributed by atoms with E-state index >= 15 is 0 Å². The smallest absolute Gasteiger partial charge is 0.228 e.